The van der Waals surface area contributed by atoms with Crippen molar-refractivity contribution in [2.75, 3.05) is 18.5 Å². The van der Waals surface area contributed by atoms with Gasteiger partial charge in [0.1, 0.15) is 11.6 Å². The topological polar surface area (TPSA) is 96.7 Å². The molecule has 0 radical (unpaired) electrons. The Kier molecular flexibility index (Phi) is 8.07. The fourth-order valence-corrected chi connectivity index (χ4v) is 5.22. The first-order chi connectivity index (χ1) is 18.0. The third kappa shape index (κ3) is 5.68. The highest BCUT2D eigenvalue weighted by molar-refractivity contribution is 7.81. The summed E-state index contributed by atoms with van der Waals surface area (Å²) >= 11 is -2.92. The number of alkyl halides is 3. The molecule has 3 aromatic rings. The van der Waals surface area contributed by atoms with Crippen LogP contribution in [0.15, 0.2) is 48.8 Å². The van der Waals surface area contributed by atoms with E-state index in [2.05, 4.69) is 9.84 Å². The predicted molar refractivity (Wildman–Crippen MR) is 130 cm³/mol. The maximum absolute atomic E-state index is 14.6. The Morgan fingerprint density at radius 2 is 1.79 bits per heavy atom. The van der Waals surface area contributed by atoms with E-state index in [0.717, 1.165) is 29.1 Å². The Hall–Kier alpha value is -3.45. The quantitative estimate of drug-likeness (QED) is 0.215. The summed E-state index contributed by atoms with van der Waals surface area (Å²) in [7, 11) is 2.32. The molecular weight excluding hydrogens is 530 g/mol. The first-order valence-corrected chi connectivity index (χ1v) is 12.6. The Balaban J connectivity index is 1.57. The zero-order chi connectivity index (χ0) is 27.6. The number of hydrogen-bond acceptors (Lipinski definition) is 6. The van der Waals surface area contributed by atoms with Crippen LogP contribution < -0.4 is 9.04 Å². The van der Waals surface area contributed by atoms with Crippen molar-refractivity contribution < 1.29 is 40.6 Å². The van der Waals surface area contributed by atoms with Gasteiger partial charge in [0.25, 0.3) is 0 Å². The van der Waals surface area contributed by atoms with Gasteiger partial charge in [-0.25, -0.2) is 13.9 Å². The second-order valence-electron chi connectivity index (χ2n) is 8.83. The van der Waals surface area contributed by atoms with E-state index >= 15 is 0 Å². The minimum atomic E-state index is -4.16. The zero-order valence-electron chi connectivity index (χ0n) is 20.4. The fourth-order valence-electron chi connectivity index (χ4n) is 4.65. The number of hydrogen-bond donors (Lipinski definition) is 0. The second kappa shape index (κ2) is 11.1. The first kappa shape index (κ1) is 27.6. The van der Waals surface area contributed by atoms with Crippen LogP contribution in [0.2, 0.25) is 0 Å². The van der Waals surface area contributed by atoms with Crippen LogP contribution in [0.25, 0.3) is 5.69 Å². The van der Waals surface area contributed by atoms with Crippen LogP contribution in [0.3, 0.4) is 0 Å². The Morgan fingerprint density at radius 3 is 2.34 bits per heavy atom. The lowest BCUT2D eigenvalue weighted by atomic mass is 9.78. The molecule has 0 N–H and O–H groups in total. The highest BCUT2D eigenvalue weighted by Crippen LogP contribution is 2.43. The van der Waals surface area contributed by atoms with E-state index in [1.807, 2.05) is 12.1 Å². The van der Waals surface area contributed by atoms with Crippen LogP contribution in [-0.2, 0) is 16.0 Å². The summed E-state index contributed by atoms with van der Waals surface area (Å²) in [4.78, 5) is 11.8. The lowest BCUT2D eigenvalue weighted by molar-refractivity contribution is -0.182. The molecule has 8 nitrogen and oxygen atoms in total. The first-order valence-electron chi connectivity index (χ1n) is 11.6. The van der Waals surface area contributed by atoms with Gasteiger partial charge in [-0.2, -0.15) is 18.3 Å². The molecule has 4 rings (SSSR count). The SMILES string of the molecule is COC(=O)c1cc(OC)c(N(c2cnn(-c3ccc(C4CCC(C(F)(F)F)CC4)cc3)c2)S(=O)[O-])cc1F. The summed E-state index contributed by atoms with van der Waals surface area (Å²) in [6, 6.07) is 9.02. The number of methoxy groups -OCH3 is 2. The van der Waals surface area contributed by atoms with E-state index in [1.165, 1.54) is 24.2 Å². The number of esters is 1. The molecule has 2 aromatic carbocycles. The minimum absolute atomic E-state index is 0.0320. The number of carbonyl (C=O) groups excluding carboxylic acids is 1. The molecule has 1 unspecified atom stereocenters. The van der Waals surface area contributed by atoms with Gasteiger partial charge in [0.15, 0.2) is 0 Å². The molecule has 204 valence electrons. The van der Waals surface area contributed by atoms with E-state index in [9.17, 15) is 31.1 Å². The highest BCUT2D eigenvalue weighted by atomic mass is 32.2. The summed E-state index contributed by atoms with van der Waals surface area (Å²) in [5, 5.41) is 4.20. The molecule has 0 amide bonds. The lowest BCUT2D eigenvalue weighted by Crippen LogP contribution is -2.27. The summed E-state index contributed by atoms with van der Waals surface area (Å²) in [6.45, 7) is 0. The fraction of sp³-hybridized carbons (Fsp3) is 0.360. The number of carbonyl (C=O) groups is 1. The monoisotopic (exact) mass is 554 g/mol. The predicted octanol–water partition coefficient (Wildman–Crippen LogP) is 5.57. The normalized spacial score (nSPS) is 18.6. The molecule has 13 heteroatoms. The third-order valence-corrected chi connectivity index (χ3v) is 7.37. The van der Waals surface area contributed by atoms with Crippen molar-refractivity contribution in [2.24, 2.45) is 5.92 Å². The van der Waals surface area contributed by atoms with Gasteiger partial charge < -0.3 is 14.0 Å². The summed E-state index contributed by atoms with van der Waals surface area (Å²) in [6.07, 6.45) is -0.387. The number of rotatable bonds is 7. The Labute approximate surface area is 218 Å². The lowest BCUT2D eigenvalue weighted by Gasteiger charge is -2.30. The molecular formula is C25H24F4N3O5S-. The minimum Gasteiger partial charge on any atom is -0.755 e. The molecule has 0 aliphatic heterocycles. The molecule has 1 saturated carbocycles. The maximum atomic E-state index is 14.6. The molecule has 1 aliphatic rings. The van der Waals surface area contributed by atoms with E-state index in [1.54, 1.807) is 12.1 Å². The Bertz CT molecular complexity index is 1320. The van der Waals surface area contributed by atoms with Crippen LogP contribution in [0.1, 0.15) is 47.5 Å². The van der Waals surface area contributed by atoms with Crippen LogP contribution in [-0.4, -0.2) is 44.9 Å². The number of halogens is 4. The van der Waals surface area contributed by atoms with Gasteiger partial charge >= 0.3 is 12.1 Å². The largest absolute Gasteiger partial charge is 0.755 e. The smallest absolute Gasteiger partial charge is 0.391 e. The van der Waals surface area contributed by atoms with Crippen LogP contribution >= 0.6 is 0 Å². The van der Waals surface area contributed by atoms with Crippen molar-refractivity contribution in [3.63, 3.8) is 0 Å². The van der Waals surface area contributed by atoms with E-state index in [0.29, 0.717) is 18.5 Å². The highest BCUT2D eigenvalue weighted by Gasteiger charge is 2.41. The van der Waals surface area contributed by atoms with Crippen molar-refractivity contribution in [3.05, 3.63) is 65.7 Å². The van der Waals surface area contributed by atoms with Crippen LogP contribution in [0, 0.1) is 11.7 Å². The van der Waals surface area contributed by atoms with Gasteiger partial charge in [0, 0.05) is 6.07 Å². The average Bonchev–Trinajstić information content (AvgIpc) is 3.37. The molecule has 0 saturated heterocycles. The average molecular weight is 555 g/mol. The van der Waals surface area contributed by atoms with Gasteiger partial charge in [-0.05, 0) is 55.4 Å². The number of nitrogens with zero attached hydrogens (tertiary/aromatic N) is 3. The van der Waals surface area contributed by atoms with Crippen molar-refractivity contribution in [3.8, 4) is 11.4 Å². The van der Waals surface area contributed by atoms with Gasteiger partial charge in [0.2, 0.25) is 0 Å². The third-order valence-electron chi connectivity index (χ3n) is 6.66. The van der Waals surface area contributed by atoms with E-state index in [-0.39, 0.29) is 35.9 Å². The van der Waals surface area contributed by atoms with Crippen molar-refractivity contribution in [1.29, 1.82) is 0 Å². The van der Waals surface area contributed by atoms with E-state index in [4.69, 9.17) is 4.74 Å². The van der Waals surface area contributed by atoms with Crippen molar-refractivity contribution >= 4 is 28.6 Å². The van der Waals surface area contributed by atoms with Gasteiger partial charge in [-0.15, -0.1) is 0 Å². The number of aromatic nitrogens is 2. The van der Waals surface area contributed by atoms with Gasteiger partial charge in [-0.3, -0.25) is 8.51 Å². The molecule has 1 atom stereocenters. The maximum Gasteiger partial charge on any atom is 0.391 e. The molecule has 1 fully saturated rings. The van der Waals surface area contributed by atoms with Crippen molar-refractivity contribution in [1.82, 2.24) is 9.78 Å². The van der Waals surface area contributed by atoms with Crippen molar-refractivity contribution in [2.45, 2.75) is 37.8 Å². The molecule has 0 spiro atoms. The standard InChI is InChI=1S/C25H25F4N3O5S/c1-36-23-11-20(24(33)37-2)21(26)12-22(23)32(38(34)35)19-13-30-31(14-19)18-9-5-16(6-10-18)15-3-7-17(8-4-15)25(27,28)29/h5-6,9-15,17H,3-4,7-8H2,1-2H3,(H,34,35)/p-1. The molecule has 38 heavy (non-hydrogen) atoms. The second-order valence-corrected chi connectivity index (χ2v) is 9.63. The van der Waals surface area contributed by atoms with Crippen LogP contribution in [0.4, 0.5) is 28.9 Å². The molecule has 1 aromatic heterocycles. The van der Waals surface area contributed by atoms with Crippen LogP contribution in [0.5, 0.6) is 5.75 Å². The molecule has 1 heterocycles. The number of ether oxygens (including phenoxy) is 2. The summed E-state index contributed by atoms with van der Waals surface area (Å²) < 4.78 is 89.7. The number of benzene rings is 2. The zero-order valence-corrected chi connectivity index (χ0v) is 21.2. The van der Waals surface area contributed by atoms with E-state index < -0.39 is 40.7 Å². The molecule has 0 bridgehead atoms. The Morgan fingerprint density at radius 1 is 1.13 bits per heavy atom. The van der Waals surface area contributed by atoms with Gasteiger partial charge in [0.05, 0.1) is 66.4 Å². The molecule has 1 aliphatic carbocycles. The summed E-state index contributed by atoms with van der Waals surface area (Å²) in [5.74, 6) is -3.26. The number of anilines is 2. The van der Waals surface area contributed by atoms with Gasteiger partial charge in [-0.1, -0.05) is 12.1 Å². The summed E-state index contributed by atoms with van der Waals surface area (Å²) in [5.41, 5.74) is 0.967.